The molecule has 0 saturated heterocycles. The largest absolute Gasteiger partial charge is 0.416 e. The Balaban J connectivity index is 1.94. The SMILES string of the molecule is CN(C)CCN(C)S(=O)(=O)c1ccc(ONC(=N)NC(=O)c2cccc(C(F)(F)F)c2)cc1. The minimum atomic E-state index is -4.61. The van der Waals surface area contributed by atoms with Gasteiger partial charge < -0.3 is 9.74 Å². The summed E-state index contributed by atoms with van der Waals surface area (Å²) in [6.07, 6.45) is -4.61. The van der Waals surface area contributed by atoms with Gasteiger partial charge >= 0.3 is 6.18 Å². The van der Waals surface area contributed by atoms with Crippen molar-refractivity contribution in [1.82, 2.24) is 20.0 Å². The van der Waals surface area contributed by atoms with Crippen molar-refractivity contribution in [3.05, 3.63) is 59.7 Å². The zero-order chi connectivity index (χ0) is 24.8. The van der Waals surface area contributed by atoms with Crippen LogP contribution in [0.2, 0.25) is 0 Å². The number of nitrogens with one attached hydrogen (secondary N) is 3. The van der Waals surface area contributed by atoms with Crippen LogP contribution in [0.4, 0.5) is 13.2 Å². The molecule has 0 heterocycles. The number of rotatable bonds is 8. The molecule has 2 aromatic carbocycles. The molecule has 13 heteroatoms. The highest BCUT2D eigenvalue weighted by molar-refractivity contribution is 7.89. The third-order valence-electron chi connectivity index (χ3n) is 4.36. The number of hydrogen-bond acceptors (Lipinski definition) is 6. The lowest BCUT2D eigenvalue weighted by molar-refractivity contribution is -0.137. The molecule has 0 aromatic heterocycles. The van der Waals surface area contributed by atoms with Crippen LogP contribution in [0.15, 0.2) is 53.4 Å². The molecular weight excluding hydrogens is 463 g/mol. The van der Waals surface area contributed by atoms with Crippen molar-refractivity contribution >= 4 is 21.9 Å². The highest BCUT2D eigenvalue weighted by Crippen LogP contribution is 2.29. The predicted molar refractivity (Wildman–Crippen MR) is 115 cm³/mol. The van der Waals surface area contributed by atoms with Gasteiger partial charge in [-0.1, -0.05) is 6.07 Å². The van der Waals surface area contributed by atoms with E-state index < -0.39 is 33.6 Å². The highest BCUT2D eigenvalue weighted by atomic mass is 32.2. The Morgan fingerprint density at radius 1 is 1.06 bits per heavy atom. The lowest BCUT2D eigenvalue weighted by atomic mass is 10.1. The van der Waals surface area contributed by atoms with E-state index in [9.17, 15) is 26.4 Å². The predicted octanol–water partition coefficient (Wildman–Crippen LogP) is 2.14. The van der Waals surface area contributed by atoms with Gasteiger partial charge in [0.15, 0.2) is 5.75 Å². The molecule has 1 amide bonds. The van der Waals surface area contributed by atoms with Crippen LogP contribution in [0, 0.1) is 5.41 Å². The molecule has 2 aromatic rings. The number of nitrogens with zero attached hydrogens (tertiary/aromatic N) is 2. The molecule has 0 radical (unpaired) electrons. The Morgan fingerprint density at radius 2 is 1.70 bits per heavy atom. The number of halogens is 3. The number of guanidine groups is 1. The maximum Gasteiger partial charge on any atom is 0.416 e. The van der Waals surface area contributed by atoms with Crippen LogP contribution >= 0.6 is 0 Å². The first-order chi connectivity index (χ1) is 15.3. The van der Waals surface area contributed by atoms with Crippen LogP contribution in [-0.2, 0) is 16.2 Å². The van der Waals surface area contributed by atoms with Crippen LogP contribution in [0.25, 0.3) is 0 Å². The van der Waals surface area contributed by atoms with Crippen LogP contribution in [0.3, 0.4) is 0 Å². The van der Waals surface area contributed by atoms with Crippen molar-refractivity contribution in [1.29, 1.82) is 5.41 Å². The number of alkyl halides is 3. The van der Waals surface area contributed by atoms with Gasteiger partial charge in [0.1, 0.15) is 0 Å². The number of benzene rings is 2. The van der Waals surface area contributed by atoms with Gasteiger partial charge in [0.2, 0.25) is 16.0 Å². The van der Waals surface area contributed by atoms with Crippen LogP contribution in [0.5, 0.6) is 5.75 Å². The van der Waals surface area contributed by atoms with Gasteiger partial charge in [-0.2, -0.15) is 23.0 Å². The summed E-state index contributed by atoms with van der Waals surface area (Å²) in [6, 6.07) is 9.09. The first-order valence-electron chi connectivity index (χ1n) is 9.52. The normalized spacial score (nSPS) is 12.0. The Hall–Kier alpha value is -3.16. The second-order valence-electron chi connectivity index (χ2n) is 7.21. The summed E-state index contributed by atoms with van der Waals surface area (Å²) in [5, 5.41) is 9.73. The molecule has 0 saturated carbocycles. The van der Waals surface area contributed by atoms with Crippen molar-refractivity contribution < 1.29 is 31.2 Å². The van der Waals surface area contributed by atoms with Crippen LogP contribution in [0.1, 0.15) is 15.9 Å². The van der Waals surface area contributed by atoms with Gasteiger partial charge in [0.05, 0.1) is 10.5 Å². The second kappa shape index (κ2) is 10.6. The molecule has 0 aliphatic heterocycles. The summed E-state index contributed by atoms with van der Waals surface area (Å²) >= 11 is 0. The van der Waals surface area contributed by atoms with Gasteiger partial charge in [0.25, 0.3) is 5.91 Å². The van der Waals surface area contributed by atoms with E-state index in [1.54, 1.807) is 0 Å². The molecule has 3 N–H and O–H groups in total. The zero-order valence-electron chi connectivity index (χ0n) is 18.1. The summed E-state index contributed by atoms with van der Waals surface area (Å²) in [4.78, 5) is 19.1. The number of amides is 1. The van der Waals surface area contributed by atoms with Crippen molar-refractivity contribution in [3.63, 3.8) is 0 Å². The zero-order valence-corrected chi connectivity index (χ0v) is 18.9. The summed E-state index contributed by atoms with van der Waals surface area (Å²) in [5.41, 5.74) is 0.842. The van der Waals surface area contributed by atoms with Gasteiger partial charge in [-0.15, -0.1) is 0 Å². The molecule has 9 nitrogen and oxygen atoms in total. The maximum absolute atomic E-state index is 12.8. The monoisotopic (exact) mass is 487 g/mol. The third-order valence-corrected chi connectivity index (χ3v) is 6.23. The second-order valence-corrected chi connectivity index (χ2v) is 9.26. The molecule has 0 atom stereocenters. The Bertz CT molecular complexity index is 1090. The number of hydroxylamine groups is 1. The van der Waals surface area contributed by atoms with Crippen molar-refractivity contribution in [2.45, 2.75) is 11.1 Å². The fraction of sp³-hybridized carbons (Fsp3) is 0.300. The van der Waals surface area contributed by atoms with Crippen molar-refractivity contribution in [2.24, 2.45) is 0 Å². The first kappa shape index (κ1) is 26.1. The molecule has 0 aliphatic carbocycles. The quantitative estimate of drug-likeness (QED) is 0.299. The van der Waals surface area contributed by atoms with Crippen LogP contribution < -0.4 is 15.6 Å². The topological polar surface area (TPSA) is 115 Å². The number of hydrogen-bond donors (Lipinski definition) is 3. The smallest absolute Gasteiger partial charge is 0.379 e. The van der Waals surface area contributed by atoms with E-state index in [-0.39, 0.29) is 16.2 Å². The average Bonchev–Trinajstić information content (AvgIpc) is 2.75. The Labute approximate surface area is 189 Å². The van der Waals surface area contributed by atoms with E-state index in [1.165, 1.54) is 41.7 Å². The van der Waals surface area contributed by atoms with Gasteiger partial charge in [0, 0.05) is 25.7 Å². The average molecular weight is 488 g/mol. The summed E-state index contributed by atoms with van der Waals surface area (Å²) in [5.74, 6) is -1.43. The van der Waals surface area contributed by atoms with E-state index in [0.717, 1.165) is 12.1 Å². The van der Waals surface area contributed by atoms with E-state index in [2.05, 4.69) is 10.8 Å². The molecule has 0 spiro atoms. The number of likely N-dealkylation sites (N-methyl/N-ethyl adjacent to an activating group) is 2. The Kier molecular flexibility index (Phi) is 8.41. The van der Waals surface area contributed by atoms with Gasteiger partial charge in [-0.3, -0.25) is 15.5 Å². The number of carbonyl (C=O) groups excluding carboxylic acids is 1. The molecule has 0 aliphatic rings. The lowest BCUT2D eigenvalue weighted by Gasteiger charge is -2.19. The maximum atomic E-state index is 12.8. The first-order valence-corrected chi connectivity index (χ1v) is 11.0. The molecular formula is C20H24F3N5O4S. The molecule has 0 unspecified atom stereocenters. The Morgan fingerprint density at radius 3 is 2.27 bits per heavy atom. The van der Waals surface area contributed by atoms with Crippen LogP contribution in [-0.4, -0.2) is 63.7 Å². The summed E-state index contributed by atoms with van der Waals surface area (Å²) in [7, 11) is 1.44. The van der Waals surface area contributed by atoms with E-state index in [0.29, 0.717) is 19.2 Å². The fourth-order valence-electron chi connectivity index (χ4n) is 2.48. The van der Waals surface area contributed by atoms with E-state index in [1.807, 2.05) is 19.0 Å². The lowest BCUT2D eigenvalue weighted by Crippen LogP contribution is -2.41. The molecule has 2 rings (SSSR count). The number of carbonyl (C=O) groups is 1. The molecule has 0 bridgehead atoms. The number of sulfonamides is 1. The molecule has 33 heavy (non-hydrogen) atoms. The highest BCUT2D eigenvalue weighted by Gasteiger charge is 2.31. The van der Waals surface area contributed by atoms with E-state index >= 15 is 0 Å². The minimum absolute atomic E-state index is 0.0454. The minimum Gasteiger partial charge on any atom is -0.379 e. The van der Waals surface area contributed by atoms with Crippen molar-refractivity contribution in [3.8, 4) is 5.75 Å². The molecule has 0 fully saturated rings. The third kappa shape index (κ3) is 7.44. The van der Waals surface area contributed by atoms with Gasteiger partial charge in [-0.05, 0) is 56.6 Å². The standard InChI is InChI=1S/C20H24F3N5O4S/c1-27(2)11-12-28(3)33(30,31)17-9-7-16(8-10-17)32-26-19(24)25-18(29)14-5-4-6-15(13-14)20(21,22)23/h4-10,13H,11-12H2,1-3H3,(H3,24,25,26,29). The summed E-state index contributed by atoms with van der Waals surface area (Å²) < 4.78 is 64.7. The molecule has 180 valence electrons. The summed E-state index contributed by atoms with van der Waals surface area (Å²) in [6.45, 7) is 0.854. The fourth-order valence-corrected chi connectivity index (χ4v) is 3.64. The van der Waals surface area contributed by atoms with Crippen molar-refractivity contribution in [2.75, 3.05) is 34.2 Å². The van der Waals surface area contributed by atoms with E-state index in [4.69, 9.17) is 10.2 Å². The van der Waals surface area contributed by atoms with Gasteiger partial charge in [-0.25, -0.2) is 8.42 Å².